The number of hydrogen-bond acceptors (Lipinski definition) is 8. The lowest BCUT2D eigenvalue weighted by Gasteiger charge is -2.25. The van der Waals surface area contributed by atoms with Gasteiger partial charge in [0.15, 0.2) is 17.4 Å². The molecular weight excluding hydrogens is 430 g/mol. The van der Waals surface area contributed by atoms with Crippen LogP contribution in [0.25, 0.3) is 11.1 Å². The van der Waals surface area contributed by atoms with Crippen molar-refractivity contribution in [2.45, 2.75) is 18.9 Å². The highest BCUT2D eigenvalue weighted by atomic mass is 19.2. The average molecular weight is 454 g/mol. The van der Waals surface area contributed by atoms with Gasteiger partial charge in [0, 0.05) is 29.7 Å². The second kappa shape index (κ2) is 9.76. The molecule has 0 amide bonds. The Morgan fingerprint density at radius 2 is 1.91 bits per heavy atom. The minimum absolute atomic E-state index is 0.0639. The van der Waals surface area contributed by atoms with Gasteiger partial charge in [-0.1, -0.05) is 6.07 Å². The summed E-state index contributed by atoms with van der Waals surface area (Å²) in [4.78, 5) is 8.23. The number of aromatic nitrogens is 2. The molecule has 0 aliphatic carbocycles. The van der Waals surface area contributed by atoms with Crippen molar-refractivity contribution in [1.29, 1.82) is 0 Å². The number of piperidine rings is 1. The zero-order valence-corrected chi connectivity index (χ0v) is 17.7. The van der Waals surface area contributed by atoms with Gasteiger partial charge in [-0.3, -0.25) is 9.99 Å². The topological polar surface area (TPSA) is 141 Å². The summed E-state index contributed by atoms with van der Waals surface area (Å²) in [7, 11) is 0. The van der Waals surface area contributed by atoms with Crippen LogP contribution in [0.4, 0.5) is 20.3 Å². The highest BCUT2D eigenvalue weighted by Gasteiger charge is 2.25. The molecule has 0 bridgehead atoms. The van der Waals surface area contributed by atoms with Gasteiger partial charge in [0.1, 0.15) is 11.9 Å². The minimum atomic E-state index is -1.19. The zero-order valence-electron chi connectivity index (χ0n) is 17.7. The fourth-order valence-electron chi connectivity index (χ4n) is 3.61. The number of hydrazone groups is 1. The summed E-state index contributed by atoms with van der Waals surface area (Å²) < 4.78 is 35.4. The maximum Gasteiger partial charge on any atom is 0.202 e. The summed E-state index contributed by atoms with van der Waals surface area (Å²) in [5.74, 6) is 9.13. The molecule has 172 valence electrons. The molecule has 1 aliphatic rings. The molecule has 0 spiro atoms. The molecule has 1 aromatic carbocycles. The molecule has 3 aromatic rings. The lowest BCUT2D eigenvalue weighted by molar-refractivity contribution is 0.154. The molecule has 2 aromatic heterocycles. The van der Waals surface area contributed by atoms with Crippen LogP contribution in [0, 0.1) is 11.6 Å². The number of ether oxygens (including phenoxy) is 1. The lowest BCUT2D eigenvalue weighted by atomic mass is 10.1. The quantitative estimate of drug-likeness (QED) is 0.199. The van der Waals surface area contributed by atoms with Crippen molar-refractivity contribution in [3.8, 4) is 16.9 Å². The summed E-state index contributed by atoms with van der Waals surface area (Å²) in [6.45, 7) is 1.51. The van der Waals surface area contributed by atoms with Gasteiger partial charge < -0.3 is 21.6 Å². The van der Waals surface area contributed by atoms with Crippen LogP contribution in [0.2, 0.25) is 0 Å². The second-order valence-corrected chi connectivity index (χ2v) is 7.50. The van der Waals surface area contributed by atoms with Crippen LogP contribution in [-0.4, -0.2) is 35.0 Å². The van der Waals surface area contributed by atoms with Crippen LogP contribution in [-0.2, 0) is 0 Å². The molecule has 4 rings (SSSR count). The fraction of sp³-hybridized carbons (Fsp3) is 0.227. The van der Waals surface area contributed by atoms with E-state index in [2.05, 4.69) is 20.4 Å². The van der Waals surface area contributed by atoms with Crippen LogP contribution in [0.1, 0.15) is 18.4 Å². The van der Waals surface area contributed by atoms with Gasteiger partial charge in [0.05, 0.1) is 11.3 Å². The molecule has 1 aliphatic heterocycles. The molecule has 3 heterocycles. The largest absolute Gasteiger partial charge is 0.487 e. The van der Waals surface area contributed by atoms with Gasteiger partial charge in [-0.25, -0.2) is 15.2 Å². The number of hydrogen-bond donors (Lipinski definition) is 4. The van der Waals surface area contributed by atoms with Crippen molar-refractivity contribution >= 4 is 17.3 Å². The second-order valence-electron chi connectivity index (χ2n) is 7.50. The molecule has 33 heavy (non-hydrogen) atoms. The standard InChI is InChI=1S/C22H24F2N8O/c23-19-17(3-4-18(20(19)24)33-15-5-8-28-9-6-15)32(27)22(31-26)16-10-14(12-30-21(16)25)13-2-1-7-29-11-13/h1-4,7,10-12,15,28H,5-6,8-9,26-27H2,(H2,25,30)/b31-22-. The first-order chi connectivity index (χ1) is 16.0. The number of nitrogens with two attached hydrogens (primary N) is 3. The SMILES string of the molecule is N/N=C(/c1cc(-c2cccnc2)cnc1N)N(N)c1ccc(OC2CCNCC2)c(F)c1F. The molecule has 0 atom stereocenters. The van der Waals surface area contributed by atoms with E-state index in [1.165, 1.54) is 12.1 Å². The third kappa shape index (κ3) is 4.69. The molecule has 0 unspecified atom stereocenters. The number of hydrazine groups is 1. The predicted octanol–water partition coefficient (Wildman–Crippen LogP) is 2.14. The average Bonchev–Trinajstić information content (AvgIpc) is 2.85. The number of pyridine rings is 2. The third-order valence-corrected chi connectivity index (χ3v) is 5.37. The van der Waals surface area contributed by atoms with E-state index in [1.807, 2.05) is 6.07 Å². The van der Waals surface area contributed by atoms with Crippen molar-refractivity contribution in [3.05, 3.63) is 66.1 Å². The molecule has 0 saturated carbocycles. The number of halogens is 2. The van der Waals surface area contributed by atoms with E-state index in [9.17, 15) is 8.78 Å². The Morgan fingerprint density at radius 1 is 1.12 bits per heavy atom. The summed E-state index contributed by atoms with van der Waals surface area (Å²) in [6.07, 6.45) is 6.05. The summed E-state index contributed by atoms with van der Waals surface area (Å²) in [6, 6.07) is 7.88. The Balaban J connectivity index is 1.64. The van der Waals surface area contributed by atoms with Crippen LogP contribution in [0.3, 0.4) is 0 Å². The van der Waals surface area contributed by atoms with E-state index in [0.717, 1.165) is 23.7 Å². The van der Waals surface area contributed by atoms with E-state index >= 15 is 0 Å². The van der Waals surface area contributed by atoms with Crippen LogP contribution < -0.4 is 32.5 Å². The van der Waals surface area contributed by atoms with E-state index in [4.69, 9.17) is 22.2 Å². The van der Waals surface area contributed by atoms with Crippen molar-refractivity contribution in [2.75, 3.05) is 23.8 Å². The molecule has 1 fully saturated rings. The van der Waals surface area contributed by atoms with Crippen molar-refractivity contribution < 1.29 is 13.5 Å². The van der Waals surface area contributed by atoms with Crippen LogP contribution in [0.15, 0.2) is 54.0 Å². The first-order valence-corrected chi connectivity index (χ1v) is 10.3. The van der Waals surface area contributed by atoms with Crippen molar-refractivity contribution in [3.63, 3.8) is 0 Å². The zero-order chi connectivity index (χ0) is 23.4. The lowest BCUT2D eigenvalue weighted by Crippen LogP contribution is -2.40. The van der Waals surface area contributed by atoms with Gasteiger partial charge in [0.25, 0.3) is 0 Å². The predicted molar refractivity (Wildman–Crippen MR) is 122 cm³/mol. The number of rotatable bonds is 5. The number of amidine groups is 1. The third-order valence-electron chi connectivity index (χ3n) is 5.37. The maximum absolute atomic E-state index is 15.0. The van der Waals surface area contributed by atoms with Gasteiger partial charge in [-0.05, 0) is 50.2 Å². The maximum atomic E-state index is 15.0. The number of anilines is 2. The van der Waals surface area contributed by atoms with E-state index in [0.29, 0.717) is 18.4 Å². The first kappa shape index (κ1) is 22.4. The van der Waals surface area contributed by atoms with Crippen molar-refractivity contribution in [1.82, 2.24) is 15.3 Å². The van der Waals surface area contributed by atoms with Gasteiger partial charge in [-0.15, -0.1) is 0 Å². The molecule has 11 heteroatoms. The first-order valence-electron chi connectivity index (χ1n) is 10.3. The highest BCUT2D eigenvalue weighted by molar-refractivity contribution is 6.12. The van der Waals surface area contributed by atoms with Crippen LogP contribution >= 0.6 is 0 Å². The Hall–Kier alpha value is -3.83. The Morgan fingerprint density at radius 3 is 2.61 bits per heavy atom. The summed E-state index contributed by atoms with van der Waals surface area (Å²) >= 11 is 0. The number of nitrogens with one attached hydrogen (secondary N) is 1. The highest BCUT2D eigenvalue weighted by Crippen LogP contribution is 2.31. The number of benzene rings is 1. The van der Waals surface area contributed by atoms with E-state index in [-0.39, 0.29) is 34.8 Å². The smallest absolute Gasteiger partial charge is 0.202 e. The van der Waals surface area contributed by atoms with Gasteiger partial charge >= 0.3 is 0 Å². The molecular formula is C22H24F2N8O. The Kier molecular flexibility index (Phi) is 6.61. The van der Waals surface area contributed by atoms with Crippen molar-refractivity contribution in [2.24, 2.45) is 16.8 Å². The minimum Gasteiger partial charge on any atom is -0.487 e. The van der Waals surface area contributed by atoms with Gasteiger partial charge in [-0.2, -0.15) is 9.49 Å². The molecule has 1 saturated heterocycles. The Bertz CT molecular complexity index is 1150. The van der Waals surface area contributed by atoms with E-state index in [1.54, 1.807) is 30.7 Å². The Labute approximate surface area is 189 Å². The van der Waals surface area contributed by atoms with E-state index < -0.39 is 11.6 Å². The van der Waals surface area contributed by atoms with Crippen LogP contribution in [0.5, 0.6) is 5.75 Å². The fourth-order valence-corrected chi connectivity index (χ4v) is 3.61. The monoisotopic (exact) mass is 454 g/mol. The molecule has 7 N–H and O–H groups in total. The number of nitrogen functional groups attached to an aromatic ring is 1. The molecule has 9 nitrogen and oxygen atoms in total. The summed E-state index contributed by atoms with van der Waals surface area (Å²) in [5.41, 5.74) is 7.41. The molecule has 0 radical (unpaired) electrons. The van der Waals surface area contributed by atoms with Gasteiger partial charge in [0.2, 0.25) is 5.82 Å². The number of nitrogens with zero attached hydrogens (tertiary/aromatic N) is 4. The summed E-state index contributed by atoms with van der Waals surface area (Å²) in [5, 5.41) is 7.69. The normalized spacial score (nSPS) is 14.8.